The maximum Gasteiger partial charge on any atom is 0.323 e. The molecule has 154 valence electrons. The van der Waals surface area contributed by atoms with Crippen molar-refractivity contribution in [2.45, 2.75) is 6.61 Å². The highest BCUT2D eigenvalue weighted by Gasteiger charge is 2.21. The molecule has 2 heterocycles. The Morgan fingerprint density at radius 2 is 1.81 bits per heavy atom. The maximum absolute atomic E-state index is 14.6. The van der Waals surface area contributed by atoms with E-state index in [0.717, 1.165) is 0 Å². The van der Waals surface area contributed by atoms with Gasteiger partial charge < -0.3 is 20.0 Å². The molecular formula is C23H16FN3O3S. The number of aromatic amines is 2. The molecule has 2 aromatic heterocycles. The van der Waals surface area contributed by atoms with E-state index in [1.165, 1.54) is 17.4 Å². The number of hydrogen-bond acceptors (Lipinski definition) is 4. The zero-order valence-corrected chi connectivity index (χ0v) is 16.9. The largest absolute Gasteiger partial charge is 0.489 e. The summed E-state index contributed by atoms with van der Waals surface area (Å²) in [6.07, 6.45) is 0. The highest BCUT2D eigenvalue weighted by atomic mass is 32.1. The minimum Gasteiger partial charge on any atom is -0.489 e. The molecule has 3 aromatic carbocycles. The average Bonchev–Trinajstić information content (AvgIpc) is 3.33. The fourth-order valence-corrected chi connectivity index (χ4v) is 4.58. The van der Waals surface area contributed by atoms with Crippen LogP contribution in [0.3, 0.4) is 0 Å². The molecule has 0 saturated heterocycles. The second-order valence-corrected chi connectivity index (χ2v) is 7.97. The van der Waals surface area contributed by atoms with E-state index in [-0.39, 0.29) is 18.2 Å². The van der Waals surface area contributed by atoms with Crippen molar-refractivity contribution in [2.24, 2.45) is 0 Å². The maximum atomic E-state index is 14.6. The van der Waals surface area contributed by atoms with E-state index >= 15 is 0 Å². The molecule has 0 fully saturated rings. The predicted molar refractivity (Wildman–Crippen MR) is 119 cm³/mol. The highest BCUT2D eigenvalue weighted by molar-refractivity contribution is 7.21. The van der Waals surface area contributed by atoms with Crippen LogP contribution in [0, 0.1) is 5.82 Å². The van der Waals surface area contributed by atoms with E-state index in [1.54, 1.807) is 42.5 Å². The molecule has 1 amide bonds. The summed E-state index contributed by atoms with van der Waals surface area (Å²) in [5.74, 6) is -0.137. The molecule has 0 atom stereocenters. The van der Waals surface area contributed by atoms with Crippen LogP contribution in [-0.4, -0.2) is 15.9 Å². The Morgan fingerprint density at radius 1 is 1.00 bits per heavy atom. The van der Waals surface area contributed by atoms with Crippen molar-refractivity contribution in [3.8, 4) is 5.75 Å². The van der Waals surface area contributed by atoms with E-state index in [9.17, 15) is 14.0 Å². The van der Waals surface area contributed by atoms with Crippen molar-refractivity contribution >= 4 is 44.1 Å². The third-order valence-electron chi connectivity index (χ3n) is 4.87. The first-order valence-electron chi connectivity index (χ1n) is 9.49. The van der Waals surface area contributed by atoms with Gasteiger partial charge in [0.1, 0.15) is 23.1 Å². The fraction of sp³-hybridized carbons (Fsp3) is 0.0435. The summed E-state index contributed by atoms with van der Waals surface area (Å²) in [6.45, 7) is 0.0534. The van der Waals surface area contributed by atoms with Crippen molar-refractivity contribution in [3.05, 3.63) is 93.5 Å². The zero-order chi connectivity index (χ0) is 21.4. The number of thiophene rings is 1. The molecule has 8 heteroatoms. The Balaban J connectivity index is 1.50. The molecule has 31 heavy (non-hydrogen) atoms. The molecule has 6 nitrogen and oxygen atoms in total. The lowest BCUT2D eigenvalue weighted by Gasteiger charge is -2.09. The fourth-order valence-electron chi connectivity index (χ4n) is 3.46. The summed E-state index contributed by atoms with van der Waals surface area (Å²) in [5.41, 5.74) is 1.91. The molecule has 3 N–H and O–H groups in total. The third-order valence-corrected chi connectivity index (χ3v) is 6.07. The number of benzene rings is 3. The SMILES string of the molecule is O=C(Nc1ccc2[nH]c(=O)[nH]c2c1)c1sc2cccc(F)c2c1COc1ccccc1. The molecule has 0 aliphatic rings. The van der Waals surface area contributed by atoms with E-state index in [4.69, 9.17) is 4.74 Å². The van der Waals surface area contributed by atoms with Crippen LogP contribution in [0.1, 0.15) is 15.2 Å². The lowest BCUT2D eigenvalue weighted by atomic mass is 10.1. The Bertz CT molecular complexity index is 1470. The van der Waals surface area contributed by atoms with Crippen molar-refractivity contribution in [1.29, 1.82) is 0 Å². The van der Waals surface area contributed by atoms with E-state index in [2.05, 4.69) is 15.3 Å². The minimum atomic E-state index is -0.397. The van der Waals surface area contributed by atoms with E-state index in [1.807, 2.05) is 18.2 Å². The summed E-state index contributed by atoms with van der Waals surface area (Å²) in [6, 6.07) is 19.0. The van der Waals surface area contributed by atoms with E-state index < -0.39 is 5.82 Å². The normalized spacial score (nSPS) is 11.1. The molecule has 0 aliphatic heterocycles. The third kappa shape index (κ3) is 3.69. The number of halogens is 1. The first-order chi connectivity index (χ1) is 15.1. The number of para-hydroxylation sites is 1. The van der Waals surface area contributed by atoms with Gasteiger partial charge in [-0.2, -0.15) is 0 Å². The number of rotatable bonds is 5. The molecule has 0 saturated carbocycles. The highest BCUT2D eigenvalue weighted by Crippen LogP contribution is 2.34. The number of carbonyl (C=O) groups is 1. The smallest absolute Gasteiger partial charge is 0.323 e. The minimum absolute atomic E-state index is 0.0534. The second kappa shape index (κ2) is 7.73. The van der Waals surface area contributed by atoms with Crippen LogP contribution >= 0.6 is 11.3 Å². The summed E-state index contributed by atoms with van der Waals surface area (Å²) in [4.78, 5) is 30.3. The van der Waals surface area contributed by atoms with Crippen molar-refractivity contribution in [1.82, 2.24) is 9.97 Å². The molecule has 5 aromatic rings. The Hall–Kier alpha value is -3.91. The van der Waals surface area contributed by atoms with Gasteiger partial charge in [0.05, 0.1) is 11.0 Å². The van der Waals surface area contributed by atoms with Gasteiger partial charge in [0, 0.05) is 21.3 Å². The molecule has 0 radical (unpaired) electrons. The van der Waals surface area contributed by atoms with Crippen molar-refractivity contribution in [2.75, 3.05) is 5.32 Å². The Labute approximate surface area is 179 Å². The van der Waals surface area contributed by atoms with Gasteiger partial charge >= 0.3 is 5.69 Å². The standard InChI is InChI=1S/C23H16FN3O3S/c24-16-7-4-8-19-20(16)15(12-30-14-5-2-1-3-6-14)21(31-19)22(28)25-13-9-10-17-18(11-13)27-23(29)26-17/h1-11H,12H2,(H,25,28)(H2,26,27,29). The lowest BCUT2D eigenvalue weighted by molar-refractivity contribution is 0.102. The lowest BCUT2D eigenvalue weighted by Crippen LogP contribution is -2.13. The van der Waals surface area contributed by atoms with Gasteiger partial charge in [-0.3, -0.25) is 4.79 Å². The van der Waals surface area contributed by atoms with Crippen LogP contribution in [0.15, 0.2) is 71.5 Å². The number of fused-ring (bicyclic) bond motifs is 2. The quantitative estimate of drug-likeness (QED) is 0.363. The van der Waals surface area contributed by atoms with Gasteiger partial charge in [-0.15, -0.1) is 11.3 Å². The number of anilines is 1. The van der Waals surface area contributed by atoms with Crippen LogP contribution in [0.25, 0.3) is 21.1 Å². The number of carbonyl (C=O) groups excluding carboxylic acids is 1. The average molecular weight is 433 g/mol. The van der Waals surface area contributed by atoms with Gasteiger partial charge in [0.15, 0.2) is 0 Å². The monoisotopic (exact) mass is 433 g/mol. The van der Waals surface area contributed by atoms with E-state index in [0.29, 0.717) is 43.0 Å². The van der Waals surface area contributed by atoms with Crippen LogP contribution in [0.2, 0.25) is 0 Å². The summed E-state index contributed by atoms with van der Waals surface area (Å²) in [7, 11) is 0. The van der Waals surface area contributed by atoms with Gasteiger partial charge in [-0.25, -0.2) is 9.18 Å². The number of hydrogen-bond donors (Lipinski definition) is 3. The first-order valence-corrected chi connectivity index (χ1v) is 10.3. The van der Waals surface area contributed by atoms with Gasteiger partial charge in [0.25, 0.3) is 5.91 Å². The zero-order valence-electron chi connectivity index (χ0n) is 16.1. The number of amides is 1. The number of imidazole rings is 1. The predicted octanol–water partition coefficient (Wildman–Crippen LogP) is 5.04. The number of ether oxygens (including phenoxy) is 1. The van der Waals surface area contributed by atoms with Crippen molar-refractivity contribution < 1.29 is 13.9 Å². The summed E-state index contributed by atoms with van der Waals surface area (Å²) in [5, 5.41) is 3.22. The molecule has 0 bridgehead atoms. The van der Waals surface area contributed by atoms with Crippen molar-refractivity contribution in [3.63, 3.8) is 0 Å². The molecular weight excluding hydrogens is 417 g/mol. The van der Waals surface area contributed by atoms with Crippen LogP contribution in [0.4, 0.5) is 10.1 Å². The van der Waals surface area contributed by atoms with Crippen LogP contribution in [-0.2, 0) is 6.61 Å². The molecule has 0 aliphatic carbocycles. The first kappa shape index (κ1) is 19.1. The molecule has 5 rings (SSSR count). The summed E-state index contributed by atoms with van der Waals surface area (Å²) < 4.78 is 21.1. The van der Waals surface area contributed by atoms with Crippen LogP contribution in [0.5, 0.6) is 5.75 Å². The number of aromatic nitrogens is 2. The molecule has 0 unspecified atom stereocenters. The summed E-state index contributed by atoms with van der Waals surface area (Å²) >= 11 is 1.21. The second-order valence-electron chi connectivity index (χ2n) is 6.92. The number of nitrogens with one attached hydrogen (secondary N) is 3. The Morgan fingerprint density at radius 3 is 2.65 bits per heavy atom. The Kier molecular flexibility index (Phi) is 4.76. The van der Waals surface area contributed by atoms with Gasteiger partial charge in [-0.1, -0.05) is 24.3 Å². The molecule has 0 spiro atoms. The topological polar surface area (TPSA) is 87.0 Å². The van der Waals surface area contributed by atoms with Crippen LogP contribution < -0.4 is 15.7 Å². The number of H-pyrrole nitrogens is 2. The van der Waals surface area contributed by atoms with Gasteiger partial charge in [-0.05, 0) is 42.5 Å². The van der Waals surface area contributed by atoms with Gasteiger partial charge in [0.2, 0.25) is 0 Å².